The van der Waals surface area contributed by atoms with Crippen LogP contribution in [-0.2, 0) is 21.1 Å². The minimum absolute atomic E-state index is 0. The third-order valence-corrected chi connectivity index (χ3v) is 16.1. The standard InChI is InChI=1S/C74H61N5O3.Pt/c1-42(2)56-36-50(47-21-12-10-13-22-47)37-57(43(3)4)68(56)78-64-29-18-16-27-62(64)76-72(78)49-25-20-26-52(35-49)80-53-40-60-54-33-34-66-67(55-32-31-46(9)75-74(55)81-66)71(54)82-70(60)61(41-53)73-77-63-28-17-19-30-65(63)79(73)69-58(44(5)6)38-51(39-59(69)45(7)8)48-23-14-11-15-24-48;/h10-34,36-40,42-45H,1-9H3;/q-2;+2. The molecular weight excluding hydrogens is 1200 g/mol. The summed E-state index contributed by atoms with van der Waals surface area (Å²) in [5.41, 5.74) is 20.6. The molecule has 0 fully saturated rings. The van der Waals surface area contributed by atoms with Crippen LogP contribution in [0, 0.1) is 19.1 Å². The molecule has 0 aliphatic carbocycles. The molecule has 5 aromatic heterocycles. The number of pyridine rings is 1. The van der Waals surface area contributed by atoms with Crippen molar-refractivity contribution in [2.24, 2.45) is 0 Å². The average Bonchev–Trinajstić information content (AvgIpc) is 4.39. The molecule has 0 N–H and O–H groups in total. The second-order valence-electron chi connectivity index (χ2n) is 23.0. The van der Waals surface area contributed by atoms with Crippen LogP contribution in [-0.4, -0.2) is 24.1 Å². The summed E-state index contributed by atoms with van der Waals surface area (Å²) in [6, 6.07) is 71.4. The number of hydrogen-bond acceptors (Lipinski definition) is 6. The van der Waals surface area contributed by atoms with Gasteiger partial charge in [-0.25, -0.2) is 4.98 Å². The number of furan rings is 2. The molecule has 5 heterocycles. The molecule has 0 aliphatic rings. The zero-order valence-corrected chi connectivity index (χ0v) is 50.2. The smallest absolute Gasteiger partial charge is 0.500 e. The van der Waals surface area contributed by atoms with E-state index < -0.39 is 0 Å². The van der Waals surface area contributed by atoms with Crippen molar-refractivity contribution in [2.75, 3.05) is 0 Å². The van der Waals surface area contributed by atoms with Crippen molar-refractivity contribution < 1.29 is 34.6 Å². The van der Waals surface area contributed by atoms with Crippen molar-refractivity contribution >= 4 is 66.1 Å². The molecule has 9 heteroatoms. The average molecular weight is 1260 g/mol. The minimum Gasteiger partial charge on any atom is -0.500 e. The fourth-order valence-electron chi connectivity index (χ4n) is 12.1. The molecule has 83 heavy (non-hydrogen) atoms. The summed E-state index contributed by atoms with van der Waals surface area (Å²) in [4.78, 5) is 15.8. The zero-order chi connectivity index (χ0) is 56.1. The molecule has 9 aromatic carbocycles. The first-order chi connectivity index (χ1) is 39.9. The monoisotopic (exact) mass is 1260 g/mol. The van der Waals surface area contributed by atoms with E-state index in [-0.39, 0.29) is 44.7 Å². The van der Waals surface area contributed by atoms with E-state index in [0.29, 0.717) is 45.3 Å². The van der Waals surface area contributed by atoms with Gasteiger partial charge in [0.2, 0.25) is 5.71 Å². The first-order valence-corrected chi connectivity index (χ1v) is 28.6. The molecule has 0 spiro atoms. The van der Waals surface area contributed by atoms with Gasteiger partial charge in [0.15, 0.2) is 0 Å². The largest absolute Gasteiger partial charge is 2.00 e. The topological polar surface area (TPSA) is 84.0 Å². The molecular formula is C74H61N5O3Pt. The number of aromatic nitrogens is 5. The molecule has 410 valence electrons. The summed E-state index contributed by atoms with van der Waals surface area (Å²) in [6.07, 6.45) is 0. The number of aryl methyl sites for hydroxylation is 1. The van der Waals surface area contributed by atoms with Crippen molar-refractivity contribution in [2.45, 2.75) is 86.0 Å². The quantitative estimate of drug-likeness (QED) is 0.113. The van der Waals surface area contributed by atoms with E-state index in [1.807, 2.05) is 37.3 Å². The number of nitrogens with zero attached hydrogens (tertiary/aromatic N) is 5. The maximum absolute atomic E-state index is 7.27. The van der Waals surface area contributed by atoms with Crippen LogP contribution in [0.25, 0.3) is 122 Å². The number of ether oxygens (including phenoxy) is 1. The predicted molar refractivity (Wildman–Crippen MR) is 335 cm³/mol. The molecule has 0 bridgehead atoms. The molecule has 0 amide bonds. The molecule has 0 atom stereocenters. The van der Waals surface area contributed by atoms with Gasteiger partial charge in [-0.15, -0.1) is 23.8 Å². The van der Waals surface area contributed by atoms with Crippen LogP contribution in [0.3, 0.4) is 0 Å². The van der Waals surface area contributed by atoms with E-state index in [1.54, 1.807) is 0 Å². The first-order valence-electron chi connectivity index (χ1n) is 28.6. The Hall–Kier alpha value is -8.84. The van der Waals surface area contributed by atoms with Crippen molar-refractivity contribution in [1.82, 2.24) is 24.1 Å². The Kier molecular flexibility index (Phi) is 13.6. The minimum atomic E-state index is 0. The van der Waals surface area contributed by atoms with E-state index in [1.165, 1.54) is 44.5 Å². The van der Waals surface area contributed by atoms with Gasteiger partial charge in [-0.2, -0.15) is 0 Å². The number of fused-ring (bicyclic) bond motifs is 9. The third-order valence-electron chi connectivity index (χ3n) is 16.1. The molecule has 14 rings (SSSR count). The summed E-state index contributed by atoms with van der Waals surface area (Å²) in [6.45, 7) is 20.2. The number of para-hydroxylation sites is 4. The van der Waals surface area contributed by atoms with Crippen molar-refractivity contribution in [3.8, 4) is 67.9 Å². The van der Waals surface area contributed by atoms with Gasteiger partial charge in [0.25, 0.3) is 0 Å². The van der Waals surface area contributed by atoms with Crippen LogP contribution in [0.5, 0.6) is 11.5 Å². The van der Waals surface area contributed by atoms with Gasteiger partial charge in [0, 0.05) is 34.0 Å². The van der Waals surface area contributed by atoms with Gasteiger partial charge in [-0.1, -0.05) is 169 Å². The Bertz CT molecular complexity index is 4750. The number of imidazole rings is 2. The second kappa shape index (κ2) is 21.2. The van der Waals surface area contributed by atoms with E-state index in [2.05, 4.69) is 228 Å². The van der Waals surface area contributed by atoms with Crippen LogP contribution in [0.1, 0.15) is 107 Å². The maximum atomic E-state index is 7.27. The molecule has 0 aliphatic heterocycles. The maximum Gasteiger partial charge on any atom is 2.00 e. The van der Waals surface area contributed by atoms with Gasteiger partial charge in [-0.3, -0.25) is 9.97 Å². The van der Waals surface area contributed by atoms with Gasteiger partial charge in [0.1, 0.15) is 11.2 Å². The fraction of sp³-hybridized carbons (Fsp3) is 0.176. The zero-order valence-electron chi connectivity index (χ0n) is 47.9. The molecule has 8 nitrogen and oxygen atoms in total. The number of hydrogen-bond donors (Lipinski definition) is 0. The number of rotatable bonds is 12. The molecule has 14 aromatic rings. The predicted octanol–water partition coefficient (Wildman–Crippen LogP) is 20.4. The van der Waals surface area contributed by atoms with Crippen LogP contribution in [0.2, 0.25) is 0 Å². The van der Waals surface area contributed by atoms with E-state index in [0.717, 1.165) is 72.1 Å². The Balaban J connectivity index is 0.00000645. The number of benzene rings is 9. The van der Waals surface area contributed by atoms with E-state index >= 15 is 0 Å². The molecule has 0 saturated heterocycles. The summed E-state index contributed by atoms with van der Waals surface area (Å²) in [5, 5.41) is 3.49. The Morgan fingerprint density at radius 1 is 0.434 bits per heavy atom. The van der Waals surface area contributed by atoms with E-state index in [9.17, 15) is 0 Å². The summed E-state index contributed by atoms with van der Waals surface area (Å²) >= 11 is 0. The first kappa shape index (κ1) is 53.5. The summed E-state index contributed by atoms with van der Waals surface area (Å²) < 4.78 is 25.5. The fourth-order valence-corrected chi connectivity index (χ4v) is 12.1. The van der Waals surface area contributed by atoms with Gasteiger partial charge in [-0.05, 0) is 148 Å². The SMILES string of the molecule is Cc1ccc2c(n1)oc1ccc3c4cc(Oc5[c-]c(-c6nc7ccccc7n6-c6c(C(C)C)cc(-c7ccccc7)cc6C(C)C)ccc5)[c-]c(-c5nc6ccccc6n5-c5c(C(C)C)cc(-c6ccccc6)cc5C(C)C)c4oc3c12.[Pt+2]. The van der Waals surface area contributed by atoms with Crippen molar-refractivity contribution in [3.05, 3.63) is 222 Å². The van der Waals surface area contributed by atoms with E-state index in [4.69, 9.17) is 28.5 Å². The Morgan fingerprint density at radius 2 is 0.952 bits per heavy atom. The van der Waals surface area contributed by atoms with Gasteiger partial charge < -0.3 is 22.7 Å². The van der Waals surface area contributed by atoms with Crippen LogP contribution < -0.4 is 4.74 Å². The molecule has 0 unspecified atom stereocenters. The van der Waals surface area contributed by atoms with Crippen molar-refractivity contribution in [1.29, 1.82) is 0 Å². The summed E-state index contributed by atoms with van der Waals surface area (Å²) in [5.74, 6) is 3.19. The van der Waals surface area contributed by atoms with Gasteiger partial charge >= 0.3 is 21.1 Å². The third kappa shape index (κ3) is 9.15. The Morgan fingerprint density at radius 3 is 1.52 bits per heavy atom. The van der Waals surface area contributed by atoms with Crippen LogP contribution >= 0.6 is 0 Å². The Labute approximate surface area is 497 Å². The second-order valence-corrected chi connectivity index (χ2v) is 23.0. The summed E-state index contributed by atoms with van der Waals surface area (Å²) in [7, 11) is 0. The molecule has 0 saturated carbocycles. The van der Waals surface area contributed by atoms with Gasteiger partial charge in [0.05, 0.1) is 50.1 Å². The van der Waals surface area contributed by atoms with Crippen LogP contribution in [0.15, 0.2) is 191 Å². The molecule has 0 radical (unpaired) electrons. The normalized spacial score (nSPS) is 12.0. The van der Waals surface area contributed by atoms with Crippen LogP contribution in [0.4, 0.5) is 0 Å². The van der Waals surface area contributed by atoms with Crippen molar-refractivity contribution in [3.63, 3.8) is 0 Å².